The molecule has 0 atom stereocenters. The zero-order valence-corrected chi connectivity index (χ0v) is 14.3. The van der Waals surface area contributed by atoms with Crippen molar-refractivity contribution in [3.05, 3.63) is 59.4 Å². The van der Waals surface area contributed by atoms with E-state index in [0.717, 1.165) is 11.3 Å². The topological polar surface area (TPSA) is 64.1 Å². The standard InChI is InChI=1S/C17H11F4N3O2S/c18-11-4-1-3-10(7-11)13-8-27-16(23-13)24-14(25)12-5-2-6-22-15(12)26-9-17(19,20)21/h1-8H,9H2,(H,23,24,25). The fraction of sp³-hybridized carbons (Fsp3) is 0.118. The molecule has 5 nitrogen and oxygen atoms in total. The van der Waals surface area contributed by atoms with Gasteiger partial charge >= 0.3 is 6.18 Å². The average Bonchev–Trinajstić information content (AvgIpc) is 3.08. The SMILES string of the molecule is O=C(Nc1nc(-c2cccc(F)c2)cs1)c1cccnc1OCC(F)(F)F. The summed E-state index contributed by atoms with van der Waals surface area (Å²) in [5.74, 6) is -1.58. The molecular weight excluding hydrogens is 386 g/mol. The molecule has 27 heavy (non-hydrogen) atoms. The summed E-state index contributed by atoms with van der Waals surface area (Å²) in [7, 11) is 0. The molecule has 0 fully saturated rings. The molecule has 0 aliphatic carbocycles. The Kier molecular flexibility index (Phi) is 5.36. The molecule has 0 bridgehead atoms. The van der Waals surface area contributed by atoms with Crippen LogP contribution in [0.25, 0.3) is 11.3 Å². The number of alkyl halides is 3. The van der Waals surface area contributed by atoms with Crippen LogP contribution in [0.5, 0.6) is 5.88 Å². The summed E-state index contributed by atoms with van der Waals surface area (Å²) in [5, 5.41) is 4.29. The Morgan fingerprint density at radius 2 is 2.04 bits per heavy atom. The predicted molar refractivity (Wildman–Crippen MR) is 91.2 cm³/mol. The summed E-state index contributed by atoms with van der Waals surface area (Å²) in [6.07, 6.45) is -3.34. The number of benzene rings is 1. The summed E-state index contributed by atoms with van der Waals surface area (Å²) < 4.78 is 54.9. The Balaban J connectivity index is 1.75. The van der Waals surface area contributed by atoms with Gasteiger partial charge in [-0.15, -0.1) is 11.3 Å². The summed E-state index contributed by atoms with van der Waals surface area (Å²) >= 11 is 1.09. The Morgan fingerprint density at radius 3 is 2.78 bits per heavy atom. The van der Waals surface area contributed by atoms with Gasteiger partial charge in [-0.2, -0.15) is 13.2 Å². The molecule has 0 saturated carbocycles. The first-order valence-electron chi connectivity index (χ1n) is 7.49. The Bertz CT molecular complexity index is 959. The van der Waals surface area contributed by atoms with Gasteiger partial charge in [-0.1, -0.05) is 12.1 Å². The highest BCUT2D eigenvalue weighted by Gasteiger charge is 2.29. The van der Waals surface area contributed by atoms with E-state index in [1.165, 1.54) is 36.5 Å². The van der Waals surface area contributed by atoms with Crippen molar-refractivity contribution in [2.75, 3.05) is 11.9 Å². The lowest BCUT2D eigenvalue weighted by molar-refractivity contribution is -0.154. The third-order valence-corrected chi connectivity index (χ3v) is 3.99. The third kappa shape index (κ3) is 5.00. The number of thiazole rings is 1. The highest BCUT2D eigenvalue weighted by molar-refractivity contribution is 7.14. The first-order chi connectivity index (χ1) is 12.8. The van der Waals surface area contributed by atoms with Crippen molar-refractivity contribution in [3.8, 4) is 17.1 Å². The maximum Gasteiger partial charge on any atom is 0.422 e. The molecule has 0 aliphatic heterocycles. The number of amides is 1. The van der Waals surface area contributed by atoms with E-state index in [9.17, 15) is 22.4 Å². The van der Waals surface area contributed by atoms with Crippen molar-refractivity contribution in [2.45, 2.75) is 6.18 Å². The van der Waals surface area contributed by atoms with Crippen molar-refractivity contribution >= 4 is 22.4 Å². The molecule has 3 rings (SSSR count). The van der Waals surface area contributed by atoms with Crippen molar-refractivity contribution < 1.29 is 27.1 Å². The smallest absolute Gasteiger partial charge is 0.422 e. The lowest BCUT2D eigenvalue weighted by atomic mass is 10.2. The van der Waals surface area contributed by atoms with Crippen LogP contribution in [0.2, 0.25) is 0 Å². The minimum atomic E-state index is -4.56. The number of rotatable bonds is 5. The second-order valence-corrected chi connectivity index (χ2v) is 6.12. The number of aromatic nitrogens is 2. The first kappa shape index (κ1) is 18.8. The minimum absolute atomic E-state index is 0.163. The molecular formula is C17H11F4N3O2S. The average molecular weight is 397 g/mol. The van der Waals surface area contributed by atoms with Crippen LogP contribution < -0.4 is 10.1 Å². The number of carbonyl (C=O) groups excluding carboxylic acids is 1. The van der Waals surface area contributed by atoms with Crippen LogP contribution in [0.1, 0.15) is 10.4 Å². The normalized spacial score (nSPS) is 11.3. The number of pyridine rings is 1. The van der Waals surface area contributed by atoms with Crippen molar-refractivity contribution in [3.63, 3.8) is 0 Å². The summed E-state index contributed by atoms with van der Waals surface area (Å²) in [6, 6.07) is 8.47. The van der Waals surface area contributed by atoms with E-state index in [4.69, 9.17) is 0 Å². The van der Waals surface area contributed by atoms with Gasteiger partial charge in [-0.25, -0.2) is 14.4 Å². The summed E-state index contributed by atoms with van der Waals surface area (Å²) in [6.45, 7) is -1.56. The first-order valence-corrected chi connectivity index (χ1v) is 8.37. The second kappa shape index (κ2) is 7.70. The third-order valence-electron chi connectivity index (χ3n) is 3.23. The van der Waals surface area contributed by atoms with E-state index in [1.54, 1.807) is 11.4 Å². The monoisotopic (exact) mass is 397 g/mol. The number of halogens is 4. The number of hydrogen-bond donors (Lipinski definition) is 1. The van der Waals surface area contributed by atoms with Crippen LogP contribution in [0.4, 0.5) is 22.7 Å². The molecule has 10 heteroatoms. The van der Waals surface area contributed by atoms with Crippen LogP contribution in [0, 0.1) is 5.82 Å². The summed E-state index contributed by atoms with van der Waals surface area (Å²) in [4.78, 5) is 20.2. The molecule has 0 saturated heterocycles. The molecule has 140 valence electrons. The lowest BCUT2D eigenvalue weighted by Crippen LogP contribution is -2.21. The van der Waals surface area contributed by atoms with E-state index in [-0.39, 0.29) is 10.7 Å². The van der Waals surface area contributed by atoms with Crippen molar-refractivity contribution in [2.24, 2.45) is 0 Å². The number of anilines is 1. The van der Waals surface area contributed by atoms with Crippen LogP contribution in [0.3, 0.4) is 0 Å². The van der Waals surface area contributed by atoms with E-state index in [2.05, 4.69) is 20.0 Å². The molecule has 2 aromatic heterocycles. The van der Waals surface area contributed by atoms with Crippen LogP contribution in [-0.4, -0.2) is 28.7 Å². The minimum Gasteiger partial charge on any atom is -0.467 e. The van der Waals surface area contributed by atoms with Crippen molar-refractivity contribution in [1.29, 1.82) is 0 Å². The zero-order chi connectivity index (χ0) is 19.4. The number of nitrogens with one attached hydrogen (secondary N) is 1. The van der Waals surface area contributed by atoms with Gasteiger partial charge in [-0.3, -0.25) is 10.1 Å². The molecule has 1 N–H and O–H groups in total. The molecule has 0 unspecified atom stereocenters. The zero-order valence-electron chi connectivity index (χ0n) is 13.5. The highest BCUT2D eigenvalue weighted by atomic mass is 32.1. The number of carbonyl (C=O) groups is 1. The van der Waals surface area contributed by atoms with Crippen LogP contribution >= 0.6 is 11.3 Å². The van der Waals surface area contributed by atoms with Gasteiger partial charge in [0.1, 0.15) is 11.4 Å². The van der Waals surface area contributed by atoms with Gasteiger partial charge in [0, 0.05) is 17.1 Å². The van der Waals surface area contributed by atoms with Crippen LogP contribution in [-0.2, 0) is 0 Å². The Morgan fingerprint density at radius 1 is 1.22 bits per heavy atom. The molecule has 1 amide bonds. The number of hydrogen-bond acceptors (Lipinski definition) is 5. The van der Waals surface area contributed by atoms with E-state index in [0.29, 0.717) is 11.3 Å². The Hall–Kier alpha value is -3.01. The fourth-order valence-electron chi connectivity index (χ4n) is 2.10. The van der Waals surface area contributed by atoms with Gasteiger partial charge in [-0.05, 0) is 24.3 Å². The molecule has 0 radical (unpaired) electrons. The van der Waals surface area contributed by atoms with Gasteiger partial charge in [0.2, 0.25) is 5.88 Å². The number of nitrogens with zero attached hydrogens (tertiary/aromatic N) is 2. The van der Waals surface area contributed by atoms with E-state index < -0.39 is 30.4 Å². The highest BCUT2D eigenvalue weighted by Crippen LogP contribution is 2.26. The van der Waals surface area contributed by atoms with Crippen molar-refractivity contribution in [1.82, 2.24) is 9.97 Å². The van der Waals surface area contributed by atoms with E-state index >= 15 is 0 Å². The Labute approximate surface area is 154 Å². The molecule has 1 aromatic carbocycles. The number of ether oxygens (including phenoxy) is 1. The maximum atomic E-state index is 13.3. The lowest BCUT2D eigenvalue weighted by Gasteiger charge is -2.11. The van der Waals surface area contributed by atoms with E-state index in [1.807, 2.05) is 0 Å². The van der Waals surface area contributed by atoms with Gasteiger partial charge < -0.3 is 4.74 Å². The maximum absolute atomic E-state index is 13.3. The fourth-order valence-corrected chi connectivity index (χ4v) is 2.82. The molecule has 2 heterocycles. The van der Waals surface area contributed by atoms with Gasteiger partial charge in [0.15, 0.2) is 11.7 Å². The van der Waals surface area contributed by atoms with Crippen LogP contribution in [0.15, 0.2) is 48.0 Å². The largest absolute Gasteiger partial charge is 0.467 e. The second-order valence-electron chi connectivity index (χ2n) is 5.26. The van der Waals surface area contributed by atoms with Gasteiger partial charge in [0.05, 0.1) is 5.69 Å². The quantitative estimate of drug-likeness (QED) is 0.642. The molecule has 0 spiro atoms. The molecule has 0 aliphatic rings. The predicted octanol–water partition coefficient (Wildman–Crippen LogP) is 4.54. The summed E-state index contributed by atoms with van der Waals surface area (Å²) in [5.41, 5.74) is 0.820. The van der Waals surface area contributed by atoms with Gasteiger partial charge in [0.25, 0.3) is 5.91 Å². The molecule has 3 aromatic rings.